The average molecular weight is 253 g/mol. The molecule has 1 aliphatic carbocycles. The van der Waals surface area contributed by atoms with Crippen LogP contribution in [0.4, 0.5) is 0 Å². The van der Waals surface area contributed by atoms with Gasteiger partial charge in [-0.2, -0.15) is 0 Å². The standard InChI is InChI=1S/C17H19NO/c1-13-7-2-3-8-14(13)17(10-6-11-17)16(19)15-9-4-5-12-18-15/h2-5,7-9,12,16,19H,6,10-11H2,1H3. The maximum absolute atomic E-state index is 10.8. The second-order valence-electron chi connectivity index (χ2n) is 5.48. The summed E-state index contributed by atoms with van der Waals surface area (Å²) in [6, 6.07) is 14.1. The summed E-state index contributed by atoms with van der Waals surface area (Å²) in [5.41, 5.74) is 3.18. The van der Waals surface area contributed by atoms with E-state index in [0.717, 1.165) is 18.5 Å². The van der Waals surface area contributed by atoms with Crippen LogP contribution in [-0.2, 0) is 5.41 Å². The van der Waals surface area contributed by atoms with Gasteiger partial charge in [-0.15, -0.1) is 0 Å². The molecule has 3 rings (SSSR count). The van der Waals surface area contributed by atoms with Crippen molar-refractivity contribution in [2.75, 3.05) is 0 Å². The molecule has 19 heavy (non-hydrogen) atoms. The van der Waals surface area contributed by atoms with E-state index in [-0.39, 0.29) is 5.41 Å². The third-order valence-electron chi connectivity index (χ3n) is 4.42. The monoisotopic (exact) mass is 253 g/mol. The second kappa shape index (κ2) is 4.78. The van der Waals surface area contributed by atoms with E-state index >= 15 is 0 Å². The van der Waals surface area contributed by atoms with Crippen LogP contribution in [0, 0.1) is 6.92 Å². The maximum atomic E-state index is 10.8. The Hall–Kier alpha value is -1.67. The van der Waals surface area contributed by atoms with Crippen molar-refractivity contribution in [3.63, 3.8) is 0 Å². The molecular weight excluding hydrogens is 234 g/mol. The lowest BCUT2D eigenvalue weighted by Crippen LogP contribution is -2.41. The zero-order valence-electron chi connectivity index (χ0n) is 11.2. The molecule has 1 atom stereocenters. The zero-order chi connectivity index (χ0) is 13.3. The first kappa shape index (κ1) is 12.4. The molecule has 1 N–H and O–H groups in total. The fourth-order valence-electron chi connectivity index (χ4n) is 3.20. The van der Waals surface area contributed by atoms with Crippen LogP contribution in [0.1, 0.15) is 42.2 Å². The fourth-order valence-corrected chi connectivity index (χ4v) is 3.20. The predicted octanol–water partition coefficient (Wildman–Crippen LogP) is 3.55. The molecule has 1 aliphatic rings. The van der Waals surface area contributed by atoms with Crippen molar-refractivity contribution < 1.29 is 5.11 Å². The number of aryl methyl sites for hydroxylation is 1. The summed E-state index contributed by atoms with van der Waals surface area (Å²) in [5.74, 6) is 0. The number of pyridine rings is 1. The molecule has 2 aromatic rings. The van der Waals surface area contributed by atoms with Gasteiger partial charge in [-0.05, 0) is 43.0 Å². The number of rotatable bonds is 3. The smallest absolute Gasteiger partial charge is 0.106 e. The number of hydrogen-bond donors (Lipinski definition) is 1. The highest BCUT2D eigenvalue weighted by atomic mass is 16.3. The summed E-state index contributed by atoms with van der Waals surface area (Å²) >= 11 is 0. The topological polar surface area (TPSA) is 33.1 Å². The summed E-state index contributed by atoms with van der Waals surface area (Å²) in [6.45, 7) is 2.13. The van der Waals surface area contributed by atoms with E-state index in [0.29, 0.717) is 0 Å². The van der Waals surface area contributed by atoms with Gasteiger partial charge in [-0.25, -0.2) is 0 Å². The molecule has 2 heteroatoms. The number of hydrogen-bond acceptors (Lipinski definition) is 2. The molecule has 0 radical (unpaired) electrons. The Kier molecular flexibility index (Phi) is 3.11. The summed E-state index contributed by atoms with van der Waals surface area (Å²) in [4.78, 5) is 4.33. The van der Waals surface area contributed by atoms with Gasteiger partial charge < -0.3 is 5.11 Å². The Labute approximate surface area is 114 Å². The highest BCUT2D eigenvalue weighted by molar-refractivity contribution is 5.38. The van der Waals surface area contributed by atoms with E-state index in [2.05, 4.69) is 36.2 Å². The Balaban J connectivity index is 2.03. The molecule has 2 nitrogen and oxygen atoms in total. The second-order valence-corrected chi connectivity index (χ2v) is 5.48. The van der Waals surface area contributed by atoms with Crippen LogP contribution >= 0.6 is 0 Å². The largest absolute Gasteiger partial charge is 0.386 e. The van der Waals surface area contributed by atoms with Crippen molar-refractivity contribution in [1.29, 1.82) is 0 Å². The molecule has 1 aromatic heterocycles. The Morgan fingerprint density at radius 1 is 1.11 bits per heavy atom. The summed E-state index contributed by atoms with van der Waals surface area (Å²) in [7, 11) is 0. The third kappa shape index (κ3) is 1.96. The fraction of sp³-hybridized carbons (Fsp3) is 0.353. The lowest BCUT2D eigenvalue weighted by atomic mass is 9.59. The molecule has 1 saturated carbocycles. The molecule has 0 aliphatic heterocycles. The Bertz CT molecular complexity index is 560. The number of aliphatic hydroxyl groups is 1. The number of aromatic nitrogens is 1. The van der Waals surface area contributed by atoms with Crippen molar-refractivity contribution in [3.05, 3.63) is 65.5 Å². The van der Waals surface area contributed by atoms with E-state index in [1.54, 1.807) is 6.20 Å². The van der Waals surface area contributed by atoms with Crippen LogP contribution in [0.15, 0.2) is 48.7 Å². The van der Waals surface area contributed by atoms with Crippen LogP contribution in [0.3, 0.4) is 0 Å². The van der Waals surface area contributed by atoms with E-state index < -0.39 is 6.10 Å². The van der Waals surface area contributed by atoms with Gasteiger partial charge in [0.15, 0.2) is 0 Å². The van der Waals surface area contributed by atoms with Crippen LogP contribution in [-0.4, -0.2) is 10.1 Å². The number of nitrogens with zero attached hydrogens (tertiary/aromatic N) is 1. The summed E-state index contributed by atoms with van der Waals surface area (Å²) in [5, 5.41) is 10.8. The Morgan fingerprint density at radius 2 is 1.84 bits per heavy atom. The maximum Gasteiger partial charge on any atom is 0.106 e. The SMILES string of the molecule is Cc1ccccc1C1(C(O)c2ccccn2)CCC1. The van der Waals surface area contributed by atoms with Gasteiger partial charge in [-0.3, -0.25) is 4.98 Å². The molecule has 0 saturated heterocycles. The first-order chi connectivity index (χ1) is 9.24. The van der Waals surface area contributed by atoms with Crippen molar-refractivity contribution >= 4 is 0 Å². The first-order valence-electron chi connectivity index (χ1n) is 6.89. The van der Waals surface area contributed by atoms with Gasteiger partial charge in [0.1, 0.15) is 6.10 Å². The van der Waals surface area contributed by atoms with Crippen LogP contribution < -0.4 is 0 Å². The van der Waals surface area contributed by atoms with Crippen LogP contribution in [0.2, 0.25) is 0 Å². The first-order valence-corrected chi connectivity index (χ1v) is 6.89. The van der Waals surface area contributed by atoms with Gasteiger partial charge >= 0.3 is 0 Å². The minimum atomic E-state index is -0.511. The normalized spacial score (nSPS) is 18.6. The van der Waals surface area contributed by atoms with E-state index in [9.17, 15) is 5.11 Å². The Morgan fingerprint density at radius 3 is 2.42 bits per heavy atom. The number of aliphatic hydroxyl groups excluding tert-OH is 1. The molecule has 1 heterocycles. The van der Waals surface area contributed by atoms with Crippen molar-refractivity contribution in [1.82, 2.24) is 4.98 Å². The van der Waals surface area contributed by atoms with Crippen LogP contribution in [0.25, 0.3) is 0 Å². The van der Waals surface area contributed by atoms with Crippen molar-refractivity contribution in [3.8, 4) is 0 Å². The molecule has 1 fully saturated rings. The van der Waals surface area contributed by atoms with Crippen molar-refractivity contribution in [2.24, 2.45) is 0 Å². The van der Waals surface area contributed by atoms with Gasteiger partial charge in [0.25, 0.3) is 0 Å². The van der Waals surface area contributed by atoms with E-state index in [4.69, 9.17) is 0 Å². The predicted molar refractivity (Wildman–Crippen MR) is 75.9 cm³/mol. The molecule has 0 amide bonds. The quantitative estimate of drug-likeness (QED) is 0.907. The third-order valence-corrected chi connectivity index (χ3v) is 4.42. The van der Waals surface area contributed by atoms with E-state index in [1.807, 2.05) is 18.2 Å². The summed E-state index contributed by atoms with van der Waals surface area (Å²) < 4.78 is 0. The highest BCUT2D eigenvalue weighted by Crippen LogP contribution is 2.52. The molecule has 98 valence electrons. The highest BCUT2D eigenvalue weighted by Gasteiger charge is 2.46. The van der Waals surface area contributed by atoms with Gasteiger partial charge in [-0.1, -0.05) is 36.8 Å². The average Bonchev–Trinajstić information content (AvgIpc) is 2.40. The lowest BCUT2D eigenvalue weighted by molar-refractivity contribution is 0.0234. The van der Waals surface area contributed by atoms with Crippen LogP contribution in [0.5, 0.6) is 0 Å². The van der Waals surface area contributed by atoms with E-state index in [1.165, 1.54) is 17.5 Å². The van der Waals surface area contributed by atoms with Gasteiger partial charge in [0, 0.05) is 11.6 Å². The van der Waals surface area contributed by atoms with Crippen molar-refractivity contribution in [2.45, 2.75) is 37.7 Å². The molecule has 0 bridgehead atoms. The zero-order valence-corrected chi connectivity index (χ0v) is 11.2. The molecule has 0 spiro atoms. The molecule has 1 unspecified atom stereocenters. The number of benzene rings is 1. The molecular formula is C17H19NO. The molecule has 1 aromatic carbocycles. The van der Waals surface area contributed by atoms with Gasteiger partial charge in [0.05, 0.1) is 5.69 Å². The lowest BCUT2D eigenvalue weighted by Gasteiger charge is -2.46. The minimum absolute atomic E-state index is 0.139. The summed E-state index contributed by atoms with van der Waals surface area (Å²) in [6.07, 6.45) is 4.50. The minimum Gasteiger partial charge on any atom is -0.386 e. The van der Waals surface area contributed by atoms with Gasteiger partial charge in [0.2, 0.25) is 0 Å².